The Hall–Kier alpha value is -0.500. The van der Waals surface area contributed by atoms with Crippen LogP contribution in [0.15, 0.2) is 0 Å². The van der Waals surface area contributed by atoms with Crippen LogP contribution in [-0.4, -0.2) is 70.5 Å². The first-order valence-electron chi connectivity index (χ1n) is 16.9. The fraction of sp³-hybridized carbons (Fsp3) is 0.969. The van der Waals surface area contributed by atoms with E-state index < -0.39 is 13.9 Å². The topological polar surface area (TPSA) is 96.9 Å². The van der Waals surface area contributed by atoms with Gasteiger partial charge in [0.15, 0.2) is 0 Å². The third kappa shape index (κ3) is 30.8. The molecule has 41 heavy (non-hydrogen) atoms. The molecule has 2 atom stereocenters. The molecule has 246 valence electrons. The lowest BCUT2D eigenvalue weighted by Crippen LogP contribution is -2.38. The molecule has 1 N–H and O–H groups in total. The molecule has 0 aliphatic heterocycles. The maximum Gasteiger partial charge on any atom is 0.268 e. The van der Waals surface area contributed by atoms with Gasteiger partial charge in [-0.25, -0.2) is 0 Å². The number of unbranched alkanes of at least 4 members (excludes halogenated alkanes) is 17. The van der Waals surface area contributed by atoms with E-state index in [0.29, 0.717) is 24.1 Å². The Morgan fingerprint density at radius 3 is 1.63 bits per heavy atom. The van der Waals surface area contributed by atoms with Crippen molar-refractivity contribution >= 4 is 13.7 Å². The monoisotopic (exact) mass is 606 g/mol. The second kappa shape index (κ2) is 27.1. The average molecular weight is 607 g/mol. The maximum atomic E-state index is 12.3. The van der Waals surface area contributed by atoms with Crippen molar-refractivity contribution in [2.24, 2.45) is 0 Å². The van der Waals surface area contributed by atoms with Gasteiger partial charge in [-0.15, -0.1) is 0 Å². The van der Waals surface area contributed by atoms with Gasteiger partial charge in [-0.1, -0.05) is 123 Å². The number of amides is 1. The quantitative estimate of drug-likeness (QED) is 0.0498. The van der Waals surface area contributed by atoms with Gasteiger partial charge in [-0.2, -0.15) is 0 Å². The molecule has 0 radical (unpaired) electrons. The van der Waals surface area contributed by atoms with Gasteiger partial charge in [0.25, 0.3) is 7.82 Å². The molecule has 8 nitrogen and oxygen atoms in total. The van der Waals surface area contributed by atoms with Crippen molar-refractivity contribution in [1.82, 2.24) is 5.32 Å². The van der Waals surface area contributed by atoms with Crippen molar-refractivity contribution in [1.29, 1.82) is 0 Å². The summed E-state index contributed by atoms with van der Waals surface area (Å²) in [6, 6.07) is 0. The van der Waals surface area contributed by atoms with Crippen LogP contribution in [0.3, 0.4) is 0 Å². The molecule has 0 spiro atoms. The molecule has 0 heterocycles. The largest absolute Gasteiger partial charge is 0.756 e. The van der Waals surface area contributed by atoms with Gasteiger partial charge in [-0.3, -0.25) is 9.36 Å². The molecule has 0 aliphatic carbocycles. The number of hydrogen-bond acceptors (Lipinski definition) is 6. The Morgan fingerprint density at radius 2 is 1.20 bits per heavy atom. The van der Waals surface area contributed by atoms with Gasteiger partial charge in [0.2, 0.25) is 5.91 Å². The lowest BCUT2D eigenvalue weighted by atomic mass is 10.0. The zero-order chi connectivity index (χ0) is 30.7. The van der Waals surface area contributed by atoms with Gasteiger partial charge < -0.3 is 28.5 Å². The first-order valence-corrected chi connectivity index (χ1v) is 18.3. The molecular formula is C32H67N2O6P. The summed E-state index contributed by atoms with van der Waals surface area (Å²) >= 11 is 0. The maximum absolute atomic E-state index is 12.3. The summed E-state index contributed by atoms with van der Waals surface area (Å²) in [6.07, 6.45) is 24.3. The lowest BCUT2D eigenvalue weighted by Gasteiger charge is -2.30. The molecule has 0 aromatic carbocycles. The number of carbonyl (C=O) groups is 1. The lowest BCUT2D eigenvalue weighted by molar-refractivity contribution is -0.870. The van der Waals surface area contributed by atoms with Crippen molar-refractivity contribution in [2.45, 2.75) is 148 Å². The minimum Gasteiger partial charge on any atom is -0.756 e. The van der Waals surface area contributed by atoms with E-state index in [1.807, 2.05) is 28.1 Å². The summed E-state index contributed by atoms with van der Waals surface area (Å²) < 4.78 is 28.9. The van der Waals surface area contributed by atoms with E-state index in [1.165, 1.54) is 103 Å². The molecule has 0 aromatic heterocycles. The summed E-state index contributed by atoms with van der Waals surface area (Å²) in [5, 5.41) is 2.74. The number of nitrogens with one attached hydrogen (secondary N) is 1. The van der Waals surface area contributed by atoms with Gasteiger partial charge in [0.05, 0.1) is 27.7 Å². The highest BCUT2D eigenvalue weighted by molar-refractivity contribution is 7.45. The third-order valence-corrected chi connectivity index (χ3v) is 8.29. The van der Waals surface area contributed by atoms with E-state index in [1.54, 1.807) is 0 Å². The zero-order valence-electron chi connectivity index (χ0n) is 27.6. The Balaban J connectivity index is 3.87. The molecule has 0 fully saturated rings. The minimum absolute atomic E-state index is 0.0410. The normalized spacial score (nSPS) is 14.2. The second-order valence-corrected chi connectivity index (χ2v) is 14.0. The van der Waals surface area contributed by atoms with E-state index >= 15 is 0 Å². The second-order valence-electron chi connectivity index (χ2n) is 12.7. The highest BCUT2D eigenvalue weighted by atomic mass is 31.2. The van der Waals surface area contributed by atoms with E-state index in [0.717, 1.165) is 19.3 Å². The van der Waals surface area contributed by atoms with Crippen LogP contribution in [0.4, 0.5) is 0 Å². The predicted octanol–water partition coefficient (Wildman–Crippen LogP) is 7.54. The fourth-order valence-electron chi connectivity index (χ4n) is 4.63. The van der Waals surface area contributed by atoms with Crippen LogP contribution in [0.25, 0.3) is 0 Å². The van der Waals surface area contributed by atoms with Crippen molar-refractivity contribution in [3.63, 3.8) is 0 Å². The number of nitrogens with zero attached hydrogens (tertiary/aromatic N) is 1. The molecule has 0 saturated heterocycles. The van der Waals surface area contributed by atoms with Crippen LogP contribution in [-0.2, 0) is 23.1 Å². The van der Waals surface area contributed by atoms with Crippen LogP contribution in [0.2, 0.25) is 0 Å². The molecule has 0 saturated carbocycles. The molecule has 2 unspecified atom stereocenters. The van der Waals surface area contributed by atoms with E-state index in [4.69, 9.17) is 13.8 Å². The highest BCUT2D eigenvalue weighted by Gasteiger charge is 2.20. The minimum atomic E-state index is -4.50. The number of carbonyl (C=O) groups excluding carboxylic acids is 1. The fourth-order valence-corrected chi connectivity index (χ4v) is 5.50. The average Bonchev–Trinajstić information content (AvgIpc) is 2.89. The summed E-state index contributed by atoms with van der Waals surface area (Å²) in [5.74, 6) is -0.128. The van der Waals surface area contributed by atoms with Gasteiger partial charge in [-0.05, 0) is 12.8 Å². The van der Waals surface area contributed by atoms with Crippen molar-refractivity contribution < 1.29 is 32.5 Å². The Bertz CT molecular complexity index is 644. The standard InChI is InChI=1S/C32H67N2O6P/c1-6-8-9-10-11-12-13-14-15-16-17-18-19-20-21-22-23-24-27-38-30-31(29-33-32(35)25-7-2)40-41(36,37)39-28-26-34(3,4)5/h31H,6-30H2,1-5H3,(H-,33,35,36,37). The number of likely N-dealkylation sites (N-methyl/N-ethyl adjacent to an activating group) is 1. The van der Waals surface area contributed by atoms with Crippen molar-refractivity contribution in [2.75, 3.05) is 54.1 Å². The molecule has 1 amide bonds. The van der Waals surface area contributed by atoms with Crippen molar-refractivity contribution in [3.05, 3.63) is 0 Å². The van der Waals surface area contributed by atoms with Gasteiger partial charge in [0.1, 0.15) is 19.3 Å². The molecular weight excluding hydrogens is 539 g/mol. The summed E-state index contributed by atoms with van der Waals surface area (Å²) in [6.45, 7) is 5.48. The van der Waals surface area contributed by atoms with Crippen LogP contribution in [0, 0.1) is 0 Å². The number of rotatable bonds is 31. The Morgan fingerprint density at radius 1 is 0.732 bits per heavy atom. The molecule has 0 aromatic rings. The van der Waals surface area contributed by atoms with E-state index in [-0.39, 0.29) is 25.7 Å². The number of hydrogen-bond donors (Lipinski definition) is 1. The van der Waals surface area contributed by atoms with E-state index in [2.05, 4.69) is 12.2 Å². The SMILES string of the molecule is CCCCCCCCCCCCCCCCCCCCOCC(CNC(=O)CCC)OP(=O)([O-])OCC[N+](C)(C)C. The van der Waals surface area contributed by atoms with Crippen LogP contribution in [0.1, 0.15) is 142 Å². The Labute approximate surface area is 253 Å². The highest BCUT2D eigenvalue weighted by Crippen LogP contribution is 2.39. The van der Waals surface area contributed by atoms with Crippen LogP contribution >= 0.6 is 7.82 Å². The first kappa shape index (κ1) is 40.5. The van der Waals surface area contributed by atoms with Crippen molar-refractivity contribution in [3.8, 4) is 0 Å². The predicted molar refractivity (Wildman–Crippen MR) is 169 cm³/mol. The number of ether oxygens (including phenoxy) is 1. The molecule has 0 aliphatic rings. The number of phosphoric acid groups is 1. The number of quaternary nitrogens is 1. The Kier molecular flexibility index (Phi) is 26.7. The van der Waals surface area contributed by atoms with E-state index in [9.17, 15) is 14.3 Å². The molecule has 0 bridgehead atoms. The molecule has 9 heteroatoms. The molecule has 0 rings (SSSR count). The summed E-state index contributed by atoms with van der Waals surface area (Å²) in [5.41, 5.74) is 0. The third-order valence-electron chi connectivity index (χ3n) is 7.24. The van der Waals surface area contributed by atoms with Gasteiger partial charge >= 0.3 is 0 Å². The van der Waals surface area contributed by atoms with Gasteiger partial charge in [0, 0.05) is 19.6 Å². The summed E-state index contributed by atoms with van der Waals surface area (Å²) in [7, 11) is 1.38. The number of phosphoric ester groups is 1. The van der Waals surface area contributed by atoms with Crippen LogP contribution in [0.5, 0.6) is 0 Å². The zero-order valence-corrected chi connectivity index (χ0v) is 28.5. The summed E-state index contributed by atoms with van der Waals surface area (Å²) in [4.78, 5) is 24.2. The van der Waals surface area contributed by atoms with Crippen LogP contribution < -0.4 is 10.2 Å². The first-order chi connectivity index (χ1) is 19.6. The smallest absolute Gasteiger partial charge is 0.268 e.